The molecule has 0 N–H and O–H groups in total. The molecule has 0 spiro atoms. The standard InChI is InChI=1S/C22H23N3O3S/c1-15(20(26)24-13-5-6-14-24)29-22-23-19-8-4-3-7-18(19)21(27)25(22)16-9-11-17(28-2)12-10-16/h3-4,7-12,15H,5-6,13-14H2,1-2H3. The van der Waals surface area contributed by atoms with Crippen LogP contribution in [0.1, 0.15) is 19.8 Å². The molecular formula is C22H23N3O3S. The number of rotatable bonds is 5. The molecule has 1 amide bonds. The molecule has 0 bridgehead atoms. The molecule has 0 aliphatic carbocycles. The highest BCUT2D eigenvalue weighted by Crippen LogP contribution is 2.27. The number of fused-ring (bicyclic) bond motifs is 1. The van der Waals surface area contributed by atoms with Gasteiger partial charge >= 0.3 is 0 Å². The Morgan fingerprint density at radius 3 is 2.48 bits per heavy atom. The Bertz CT molecular complexity index is 1090. The smallest absolute Gasteiger partial charge is 0.266 e. The fourth-order valence-electron chi connectivity index (χ4n) is 3.55. The van der Waals surface area contributed by atoms with Crippen molar-refractivity contribution in [3.63, 3.8) is 0 Å². The van der Waals surface area contributed by atoms with E-state index in [1.165, 1.54) is 11.8 Å². The number of benzene rings is 2. The molecule has 1 aliphatic heterocycles. The average Bonchev–Trinajstić information content (AvgIpc) is 3.28. The number of hydrogen-bond donors (Lipinski definition) is 0. The molecule has 4 rings (SSSR count). The summed E-state index contributed by atoms with van der Waals surface area (Å²) in [4.78, 5) is 32.7. The van der Waals surface area contributed by atoms with E-state index in [1.807, 2.05) is 54.3 Å². The van der Waals surface area contributed by atoms with Gasteiger partial charge in [-0.25, -0.2) is 4.98 Å². The number of aromatic nitrogens is 2. The predicted octanol–water partition coefficient (Wildman–Crippen LogP) is 3.50. The largest absolute Gasteiger partial charge is 0.497 e. The highest BCUT2D eigenvalue weighted by atomic mass is 32.2. The number of carbonyl (C=O) groups is 1. The third-order valence-electron chi connectivity index (χ3n) is 5.12. The van der Waals surface area contributed by atoms with Crippen LogP contribution in [0.15, 0.2) is 58.5 Å². The molecule has 6 nitrogen and oxygen atoms in total. The highest BCUT2D eigenvalue weighted by Gasteiger charge is 2.26. The third kappa shape index (κ3) is 3.87. The minimum absolute atomic E-state index is 0.0937. The zero-order chi connectivity index (χ0) is 20.4. The molecule has 29 heavy (non-hydrogen) atoms. The van der Waals surface area contributed by atoms with Crippen molar-refractivity contribution < 1.29 is 9.53 Å². The Hall–Kier alpha value is -2.80. The van der Waals surface area contributed by atoms with Crippen LogP contribution in [0.3, 0.4) is 0 Å². The minimum atomic E-state index is -0.328. The summed E-state index contributed by atoms with van der Waals surface area (Å²) in [5.74, 6) is 0.804. The number of hydrogen-bond acceptors (Lipinski definition) is 5. The van der Waals surface area contributed by atoms with Crippen molar-refractivity contribution in [2.24, 2.45) is 0 Å². The average molecular weight is 410 g/mol. The number of para-hydroxylation sites is 1. The molecule has 1 saturated heterocycles. The lowest BCUT2D eigenvalue weighted by Crippen LogP contribution is -2.34. The molecule has 1 aromatic heterocycles. The summed E-state index contributed by atoms with van der Waals surface area (Å²) in [6.07, 6.45) is 2.10. The van der Waals surface area contributed by atoms with Gasteiger partial charge in [-0.3, -0.25) is 14.2 Å². The van der Waals surface area contributed by atoms with Crippen molar-refractivity contribution in [3.8, 4) is 11.4 Å². The second kappa shape index (κ2) is 8.29. The monoisotopic (exact) mass is 409 g/mol. The van der Waals surface area contributed by atoms with Crippen LogP contribution in [0, 0.1) is 0 Å². The van der Waals surface area contributed by atoms with Gasteiger partial charge in [-0.15, -0.1) is 0 Å². The van der Waals surface area contributed by atoms with Crippen molar-refractivity contribution in [2.75, 3.05) is 20.2 Å². The van der Waals surface area contributed by atoms with E-state index in [0.717, 1.165) is 25.9 Å². The topological polar surface area (TPSA) is 64.4 Å². The second-order valence-corrected chi connectivity index (χ2v) is 8.35. The van der Waals surface area contributed by atoms with Crippen molar-refractivity contribution in [1.29, 1.82) is 0 Å². The summed E-state index contributed by atoms with van der Waals surface area (Å²) in [5, 5.41) is 0.732. The van der Waals surface area contributed by atoms with Crippen molar-refractivity contribution in [2.45, 2.75) is 30.2 Å². The Labute approximate surface area is 173 Å². The van der Waals surface area contributed by atoms with E-state index in [0.29, 0.717) is 27.5 Å². The lowest BCUT2D eigenvalue weighted by atomic mass is 10.2. The Kier molecular flexibility index (Phi) is 5.58. The molecule has 1 aliphatic rings. The molecule has 7 heteroatoms. The maximum absolute atomic E-state index is 13.3. The third-order valence-corrected chi connectivity index (χ3v) is 6.16. The second-order valence-electron chi connectivity index (χ2n) is 7.04. The molecule has 0 radical (unpaired) electrons. The summed E-state index contributed by atoms with van der Waals surface area (Å²) < 4.78 is 6.81. The summed E-state index contributed by atoms with van der Waals surface area (Å²) in [6.45, 7) is 3.49. The van der Waals surface area contributed by atoms with E-state index in [4.69, 9.17) is 9.72 Å². The molecule has 1 unspecified atom stereocenters. The number of carbonyl (C=O) groups excluding carboxylic acids is 1. The molecule has 150 valence electrons. The van der Waals surface area contributed by atoms with Crippen molar-refractivity contribution in [1.82, 2.24) is 14.5 Å². The van der Waals surface area contributed by atoms with Crippen LogP contribution in [0.4, 0.5) is 0 Å². The first-order valence-corrected chi connectivity index (χ1v) is 10.6. The van der Waals surface area contributed by atoms with Gasteiger partial charge in [0.05, 0.1) is 29.0 Å². The Morgan fingerprint density at radius 1 is 1.10 bits per heavy atom. The van der Waals surface area contributed by atoms with E-state index in [9.17, 15) is 9.59 Å². The quantitative estimate of drug-likeness (QED) is 0.477. The van der Waals surface area contributed by atoms with E-state index in [-0.39, 0.29) is 16.7 Å². The lowest BCUT2D eigenvalue weighted by molar-refractivity contribution is -0.129. The molecular weight excluding hydrogens is 386 g/mol. The van der Waals surface area contributed by atoms with Crippen LogP contribution in [-0.4, -0.2) is 45.8 Å². The van der Waals surface area contributed by atoms with Crippen LogP contribution >= 0.6 is 11.8 Å². The number of methoxy groups -OCH3 is 1. The first kappa shape index (κ1) is 19.5. The van der Waals surface area contributed by atoms with E-state index >= 15 is 0 Å². The summed E-state index contributed by atoms with van der Waals surface area (Å²) >= 11 is 1.33. The van der Waals surface area contributed by atoms with Gasteiger partial charge in [0.2, 0.25) is 5.91 Å². The van der Waals surface area contributed by atoms with Gasteiger partial charge in [0, 0.05) is 13.1 Å². The molecule has 1 atom stereocenters. The van der Waals surface area contributed by atoms with Gasteiger partial charge in [-0.2, -0.15) is 0 Å². The highest BCUT2D eigenvalue weighted by molar-refractivity contribution is 8.00. The number of ether oxygens (including phenoxy) is 1. The summed E-state index contributed by atoms with van der Waals surface area (Å²) in [5.41, 5.74) is 1.17. The first-order valence-electron chi connectivity index (χ1n) is 9.70. The maximum Gasteiger partial charge on any atom is 0.266 e. The van der Waals surface area contributed by atoms with Crippen LogP contribution in [0.25, 0.3) is 16.6 Å². The SMILES string of the molecule is COc1ccc(-n2c(SC(C)C(=O)N3CCCC3)nc3ccccc3c2=O)cc1. The minimum Gasteiger partial charge on any atom is -0.497 e. The Balaban J connectivity index is 1.78. The molecule has 3 aromatic rings. The Morgan fingerprint density at radius 2 is 1.79 bits per heavy atom. The molecule has 2 aromatic carbocycles. The predicted molar refractivity (Wildman–Crippen MR) is 115 cm³/mol. The molecule has 2 heterocycles. The van der Waals surface area contributed by atoms with Crippen LogP contribution < -0.4 is 10.3 Å². The van der Waals surface area contributed by atoms with Gasteiger partial charge in [0.25, 0.3) is 5.56 Å². The van der Waals surface area contributed by atoms with Gasteiger partial charge in [0.1, 0.15) is 5.75 Å². The summed E-state index contributed by atoms with van der Waals surface area (Å²) in [7, 11) is 1.60. The van der Waals surface area contributed by atoms with Gasteiger partial charge < -0.3 is 9.64 Å². The summed E-state index contributed by atoms with van der Waals surface area (Å²) in [6, 6.07) is 14.6. The van der Waals surface area contributed by atoms with E-state index in [1.54, 1.807) is 17.7 Å². The zero-order valence-electron chi connectivity index (χ0n) is 16.5. The van der Waals surface area contributed by atoms with E-state index < -0.39 is 0 Å². The maximum atomic E-state index is 13.3. The molecule has 0 saturated carbocycles. The van der Waals surface area contributed by atoms with Crippen LogP contribution in [0.2, 0.25) is 0 Å². The van der Waals surface area contributed by atoms with Crippen molar-refractivity contribution in [3.05, 3.63) is 58.9 Å². The van der Waals surface area contributed by atoms with Crippen molar-refractivity contribution >= 4 is 28.6 Å². The van der Waals surface area contributed by atoms with Crippen LogP contribution in [0.5, 0.6) is 5.75 Å². The fraction of sp³-hybridized carbons (Fsp3) is 0.318. The number of amides is 1. The first-order chi connectivity index (χ1) is 14.1. The zero-order valence-corrected chi connectivity index (χ0v) is 17.3. The number of nitrogens with zero attached hydrogens (tertiary/aromatic N) is 3. The number of likely N-dealkylation sites (tertiary alicyclic amines) is 1. The van der Waals surface area contributed by atoms with Gasteiger partial charge in [-0.1, -0.05) is 23.9 Å². The lowest BCUT2D eigenvalue weighted by Gasteiger charge is -2.21. The van der Waals surface area contributed by atoms with Crippen LogP contribution in [-0.2, 0) is 4.79 Å². The molecule has 1 fully saturated rings. The van der Waals surface area contributed by atoms with E-state index in [2.05, 4.69) is 0 Å². The van der Waals surface area contributed by atoms with Gasteiger partial charge in [0.15, 0.2) is 5.16 Å². The van der Waals surface area contributed by atoms with Gasteiger partial charge in [-0.05, 0) is 56.2 Å². The number of thioether (sulfide) groups is 1. The normalized spacial score (nSPS) is 14.9. The fourth-order valence-corrected chi connectivity index (χ4v) is 4.56.